The number of aryl methyl sites for hydroxylation is 2. The van der Waals surface area contributed by atoms with Gasteiger partial charge in [0.05, 0.1) is 22.5 Å². The number of H-pyrrole nitrogens is 1. The maximum absolute atomic E-state index is 12.6. The first-order chi connectivity index (χ1) is 12.8. The number of carbonyl (C=O) groups is 1. The van der Waals surface area contributed by atoms with Gasteiger partial charge in [0.15, 0.2) is 0 Å². The summed E-state index contributed by atoms with van der Waals surface area (Å²) >= 11 is 2.93. The highest BCUT2D eigenvalue weighted by Crippen LogP contribution is 2.29. The van der Waals surface area contributed by atoms with Gasteiger partial charge in [-0.25, -0.2) is 4.98 Å². The van der Waals surface area contributed by atoms with E-state index in [1.54, 1.807) is 0 Å². The summed E-state index contributed by atoms with van der Waals surface area (Å²) in [5.41, 5.74) is 0.131. The predicted octanol–water partition coefficient (Wildman–Crippen LogP) is 3.57. The molecule has 0 aromatic carbocycles. The van der Waals surface area contributed by atoms with Crippen molar-refractivity contribution in [1.82, 2.24) is 15.3 Å². The van der Waals surface area contributed by atoms with Gasteiger partial charge in [0.1, 0.15) is 16.2 Å². The molecule has 0 radical (unpaired) electrons. The number of hydrogen-bond donors (Lipinski definition) is 2. The molecule has 3 rings (SSSR count). The normalized spacial score (nSPS) is 17.4. The molecule has 1 amide bonds. The van der Waals surface area contributed by atoms with E-state index >= 15 is 0 Å². The minimum atomic E-state index is -0.721. The van der Waals surface area contributed by atoms with Crippen molar-refractivity contribution in [2.75, 3.05) is 0 Å². The zero-order valence-electron chi connectivity index (χ0n) is 15.8. The SMILES string of the molecule is Cc1sc2nc(CS[C@@H](C)C(=O)NC3(C#N)CCCCC3)[nH]c(=O)c2c1C. The van der Waals surface area contributed by atoms with Crippen LogP contribution in [0.15, 0.2) is 4.79 Å². The van der Waals surface area contributed by atoms with Gasteiger partial charge in [0.25, 0.3) is 5.56 Å². The van der Waals surface area contributed by atoms with Crippen LogP contribution >= 0.6 is 23.1 Å². The first-order valence-electron chi connectivity index (χ1n) is 9.19. The third-order valence-corrected chi connectivity index (χ3v) is 7.47. The third kappa shape index (κ3) is 4.19. The van der Waals surface area contributed by atoms with Gasteiger partial charge >= 0.3 is 0 Å². The predicted molar refractivity (Wildman–Crippen MR) is 110 cm³/mol. The van der Waals surface area contributed by atoms with Crippen molar-refractivity contribution < 1.29 is 4.79 Å². The van der Waals surface area contributed by atoms with E-state index in [-0.39, 0.29) is 16.7 Å². The fourth-order valence-electron chi connectivity index (χ4n) is 3.40. The van der Waals surface area contributed by atoms with Crippen molar-refractivity contribution >= 4 is 39.2 Å². The van der Waals surface area contributed by atoms with Crippen LogP contribution in [0.25, 0.3) is 10.2 Å². The van der Waals surface area contributed by atoms with Crippen molar-refractivity contribution in [1.29, 1.82) is 5.26 Å². The van der Waals surface area contributed by atoms with Crippen molar-refractivity contribution in [3.05, 3.63) is 26.6 Å². The number of aromatic nitrogens is 2. The van der Waals surface area contributed by atoms with E-state index in [0.717, 1.165) is 47.4 Å². The molecule has 6 nitrogen and oxygen atoms in total. The minimum absolute atomic E-state index is 0.125. The average Bonchev–Trinajstić information content (AvgIpc) is 2.94. The van der Waals surface area contributed by atoms with E-state index in [4.69, 9.17) is 0 Å². The Bertz CT molecular complexity index is 951. The van der Waals surface area contributed by atoms with Gasteiger partial charge in [0.2, 0.25) is 5.91 Å². The lowest BCUT2D eigenvalue weighted by Crippen LogP contribution is -2.50. The molecule has 1 aliphatic rings. The Labute approximate surface area is 166 Å². The second-order valence-corrected chi connectivity index (χ2v) is 9.71. The number of nitrogens with zero attached hydrogens (tertiary/aromatic N) is 2. The first-order valence-corrected chi connectivity index (χ1v) is 11.1. The molecule has 0 bridgehead atoms. The monoisotopic (exact) mass is 404 g/mol. The molecule has 2 heterocycles. The quantitative estimate of drug-likeness (QED) is 0.794. The molecule has 1 fully saturated rings. The largest absolute Gasteiger partial charge is 0.337 e. The van der Waals surface area contributed by atoms with E-state index in [1.165, 1.54) is 23.1 Å². The zero-order valence-corrected chi connectivity index (χ0v) is 17.5. The number of aromatic amines is 1. The van der Waals surface area contributed by atoms with E-state index < -0.39 is 5.54 Å². The fraction of sp³-hybridized carbons (Fsp3) is 0.579. The minimum Gasteiger partial charge on any atom is -0.337 e. The van der Waals surface area contributed by atoms with Gasteiger partial charge in [-0.3, -0.25) is 9.59 Å². The van der Waals surface area contributed by atoms with E-state index in [0.29, 0.717) is 17.0 Å². The maximum Gasteiger partial charge on any atom is 0.259 e. The molecule has 27 heavy (non-hydrogen) atoms. The second kappa shape index (κ2) is 8.03. The molecule has 8 heteroatoms. The summed E-state index contributed by atoms with van der Waals surface area (Å²) in [7, 11) is 0. The molecule has 2 N–H and O–H groups in total. The highest BCUT2D eigenvalue weighted by atomic mass is 32.2. The van der Waals surface area contributed by atoms with Crippen molar-refractivity contribution in [2.24, 2.45) is 0 Å². The number of rotatable bonds is 5. The van der Waals surface area contributed by atoms with Crippen molar-refractivity contribution in [3.63, 3.8) is 0 Å². The van der Waals surface area contributed by atoms with E-state index in [2.05, 4.69) is 21.4 Å². The van der Waals surface area contributed by atoms with Gasteiger partial charge in [0, 0.05) is 4.88 Å². The van der Waals surface area contributed by atoms with Crippen LogP contribution in [0.3, 0.4) is 0 Å². The number of nitrogens with one attached hydrogen (secondary N) is 2. The standard InChI is InChI=1S/C19H24N4O2S2/c1-11-12(2)27-18-15(11)17(25)21-14(22-18)9-26-13(3)16(24)23-19(10-20)7-5-4-6-8-19/h13H,4-9H2,1-3H3,(H,23,24)(H,21,22,25)/t13-/m0/s1. The number of fused-ring (bicyclic) bond motifs is 1. The lowest BCUT2D eigenvalue weighted by Gasteiger charge is -2.32. The Kier molecular flexibility index (Phi) is 5.92. The Morgan fingerprint density at radius 3 is 2.78 bits per heavy atom. The van der Waals surface area contributed by atoms with Gasteiger partial charge in [-0.15, -0.1) is 23.1 Å². The van der Waals surface area contributed by atoms with Gasteiger partial charge in [-0.2, -0.15) is 5.26 Å². The Morgan fingerprint density at radius 1 is 1.41 bits per heavy atom. The maximum atomic E-state index is 12.6. The summed E-state index contributed by atoms with van der Waals surface area (Å²) in [4.78, 5) is 34.1. The molecule has 1 aliphatic carbocycles. The Morgan fingerprint density at radius 2 is 2.11 bits per heavy atom. The Hall–Kier alpha value is -1.85. The highest BCUT2D eigenvalue weighted by Gasteiger charge is 2.34. The lowest BCUT2D eigenvalue weighted by atomic mass is 9.83. The molecule has 0 aliphatic heterocycles. The first kappa shape index (κ1) is 19.9. The van der Waals surface area contributed by atoms with E-state index in [1.807, 2.05) is 20.8 Å². The summed E-state index contributed by atoms with van der Waals surface area (Å²) in [5.74, 6) is 0.885. The van der Waals surface area contributed by atoms with Crippen LogP contribution in [0.5, 0.6) is 0 Å². The summed E-state index contributed by atoms with van der Waals surface area (Å²) < 4.78 is 0. The fourth-order valence-corrected chi connectivity index (χ4v) is 5.21. The van der Waals surface area contributed by atoms with Crippen LogP contribution < -0.4 is 10.9 Å². The third-order valence-electron chi connectivity index (χ3n) is 5.21. The summed E-state index contributed by atoms with van der Waals surface area (Å²) in [6.07, 6.45) is 4.50. The zero-order chi connectivity index (χ0) is 19.6. The molecule has 0 unspecified atom stereocenters. The van der Waals surface area contributed by atoms with Gasteiger partial charge in [-0.05, 0) is 39.2 Å². The van der Waals surface area contributed by atoms with Crippen LogP contribution in [0.2, 0.25) is 0 Å². The van der Waals surface area contributed by atoms with Crippen LogP contribution in [0, 0.1) is 25.2 Å². The number of thioether (sulfide) groups is 1. The smallest absolute Gasteiger partial charge is 0.259 e. The number of thiophene rings is 1. The van der Waals surface area contributed by atoms with Crippen LogP contribution in [0.1, 0.15) is 55.3 Å². The topological polar surface area (TPSA) is 98.6 Å². The number of hydrogen-bond acceptors (Lipinski definition) is 6. The molecular formula is C19H24N4O2S2. The Balaban J connectivity index is 1.66. The van der Waals surface area contributed by atoms with Crippen LogP contribution in [0.4, 0.5) is 0 Å². The average molecular weight is 405 g/mol. The molecule has 2 aromatic rings. The molecule has 1 saturated carbocycles. The number of amides is 1. The molecule has 2 aromatic heterocycles. The number of nitriles is 1. The van der Waals surface area contributed by atoms with Crippen molar-refractivity contribution in [3.8, 4) is 6.07 Å². The second-order valence-electron chi connectivity index (χ2n) is 7.17. The molecule has 0 saturated heterocycles. The van der Waals surface area contributed by atoms with Crippen molar-refractivity contribution in [2.45, 2.75) is 69.4 Å². The van der Waals surface area contributed by atoms with E-state index in [9.17, 15) is 14.9 Å². The summed E-state index contributed by atoms with van der Waals surface area (Å²) in [6.45, 7) is 5.74. The highest BCUT2D eigenvalue weighted by molar-refractivity contribution is 7.99. The summed E-state index contributed by atoms with van der Waals surface area (Å²) in [5, 5.41) is 12.8. The molecule has 1 atom stereocenters. The molecule has 0 spiro atoms. The molecular weight excluding hydrogens is 380 g/mol. The van der Waals surface area contributed by atoms with Crippen LogP contribution in [-0.2, 0) is 10.5 Å². The molecule has 144 valence electrons. The number of carbonyl (C=O) groups excluding carboxylic acids is 1. The van der Waals surface area contributed by atoms with Gasteiger partial charge in [-0.1, -0.05) is 19.3 Å². The van der Waals surface area contributed by atoms with Gasteiger partial charge < -0.3 is 10.3 Å². The lowest BCUT2D eigenvalue weighted by molar-refractivity contribution is -0.121. The van der Waals surface area contributed by atoms with Crippen LogP contribution in [-0.4, -0.2) is 26.7 Å². The summed E-state index contributed by atoms with van der Waals surface area (Å²) in [6, 6.07) is 2.31.